The molecule has 1 aliphatic rings. The number of benzene rings is 2. The van der Waals surface area contributed by atoms with Crippen LogP contribution in [0.5, 0.6) is 0 Å². The van der Waals surface area contributed by atoms with Crippen LogP contribution < -0.4 is 5.11 Å². The summed E-state index contributed by atoms with van der Waals surface area (Å²) in [4.78, 5) is 17.7. The van der Waals surface area contributed by atoms with E-state index in [4.69, 9.17) is 4.98 Å². The minimum Gasteiger partial charge on any atom is -0.545 e. The van der Waals surface area contributed by atoms with Gasteiger partial charge in [-0.05, 0) is 60.1 Å². The van der Waals surface area contributed by atoms with Gasteiger partial charge in [0.25, 0.3) is 0 Å². The monoisotopic (exact) mass is 346 g/mol. The molecule has 4 rings (SSSR count). The summed E-state index contributed by atoms with van der Waals surface area (Å²) in [5, 5.41) is 12.4. The molecule has 1 heterocycles. The Morgan fingerprint density at radius 2 is 1.88 bits per heavy atom. The van der Waals surface area contributed by atoms with Crippen LogP contribution in [0.3, 0.4) is 0 Å². The number of aromatic carboxylic acids is 1. The second-order valence-corrected chi connectivity index (χ2v) is 6.94. The SMILES string of the molecule is CSc1ccc(/C=C2\CCc3c2nc2ccccc2c3C(=O)[O-])cc1. The highest BCUT2D eigenvalue weighted by Crippen LogP contribution is 2.37. The standard InChI is InChI=1S/C21H17NO2S/c1-25-15-9-6-13(7-10-15)12-14-8-11-17-19(21(23)24)16-4-2-3-5-18(16)22-20(14)17/h2-7,9-10,12H,8,11H2,1H3,(H,23,24)/p-1/b14-12+. The maximum Gasteiger partial charge on any atom is 0.0725 e. The summed E-state index contributed by atoms with van der Waals surface area (Å²) in [7, 11) is 0. The lowest BCUT2D eigenvalue weighted by Gasteiger charge is -2.13. The number of carboxylic acids is 1. The first kappa shape index (κ1) is 15.9. The Balaban J connectivity index is 1.87. The lowest BCUT2D eigenvalue weighted by molar-refractivity contribution is -0.254. The van der Waals surface area contributed by atoms with Gasteiger partial charge in [-0.1, -0.05) is 30.3 Å². The number of hydrogen-bond acceptors (Lipinski definition) is 4. The molecule has 0 spiro atoms. The van der Waals surface area contributed by atoms with Gasteiger partial charge in [0.15, 0.2) is 0 Å². The second kappa shape index (κ2) is 6.37. The van der Waals surface area contributed by atoms with Crippen molar-refractivity contribution in [3.8, 4) is 0 Å². The number of hydrogen-bond donors (Lipinski definition) is 0. The van der Waals surface area contributed by atoms with Crippen molar-refractivity contribution >= 4 is 40.3 Å². The Bertz CT molecular complexity index is 1010. The zero-order valence-electron chi connectivity index (χ0n) is 13.8. The number of thioether (sulfide) groups is 1. The molecule has 3 nitrogen and oxygen atoms in total. The summed E-state index contributed by atoms with van der Waals surface area (Å²) >= 11 is 1.71. The zero-order valence-corrected chi connectivity index (χ0v) is 14.6. The molecular weight excluding hydrogens is 330 g/mol. The smallest absolute Gasteiger partial charge is 0.0725 e. The maximum atomic E-state index is 11.7. The van der Waals surface area contributed by atoms with E-state index in [0.717, 1.165) is 28.8 Å². The average molecular weight is 346 g/mol. The summed E-state index contributed by atoms with van der Waals surface area (Å²) < 4.78 is 0. The van der Waals surface area contributed by atoms with Gasteiger partial charge >= 0.3 is 0 Å². The van der Waals surface area contributed by atoms with Gasteiger partial charge in [0.1, 0.15) is 0 Å². The molecule has 0 unspecified atom stereocenters. The Morgan fingerprint density at radius 3 is 2.60 bits per heavy atom. The first-order valence-corrected chi connectivity index (χ1v) is 9.38. The molecule has 0 fully saturated rings. The fraction of sp³-hybridized carbons (Fsp3) is 0.143. The van der Waals surface area contributed by atoms with Crippen LogP contribution in [0, 0.1) is 0 Å². The Hall–Kier alpha value is -2.59. The number of allylic oxidation sites excluding steroid dienone is 1. The molecule has 0 saturated carbocycles. The molecule has 124 valence electrons. The van der Waals surface area contributed by atoms with Gasteiger partial charge in [-0.3, -0.25) is 0 Å². The average Bonchev–Trinajstić information content (AvgIpc) is 3.02. The molecule has 3 aromatic rings. The molecule has 0 radical (unpaired) electrons. The number of rotatable bonds is 3. The van der Waals surface area contributed by atoms with Gasteiger partial charge in [0.2, 0.25) is 0 Å². The van der Waals surface area contributed by atoms with E-state index in [1.807, 2.05) is 18.2 Å². The fourth-order valence-electron chi connectivity index (χ4n) is 3.41. The van der Waals surface area contributed by atoms with E-state index >= 15 is 0 Å². The van der Waals surface area contributed by atoms with Crippen LogP contribution in [-0.2, 0) is 6.42 Å². The van der Waals surface area contributed by atoms with E-state index in [1.54, 1.807) is 17.8 Å². The molecule has 25 heavy (non-hydrogen) atoms. The first-order valence-electron chi connectivity index (χ1n) is 8.15. The van der Waals surface area contributed by atoms with Crippen LogP contribution >= 0.6 is 11.8 Å². The van der Waals surface area contributed by atoms with Crippen LogP contribution in [-0.4, -0.2) is 17.2 Å². The molecule has 1 aromatic heterocycles. The second-order valence-electron chi connectivity index (χ2n) is 6.06. The number of para-hydroxylation sites is 1. The van der Waals surface area contributed by atoms with Gasteiger partial charge in [0, 0.05) is 15.8 Å². The lowest BCUT2D eigenvalue weighted by atomic mass is 10.0. The molecule has 4 heteroatoms. The highest BCUT2D eigenvalue weighted by Gasteiger charge is 2.23. The van der Waals surface area contributed by atoms with Crippen molar-refractivity contribution in [1.29, 1.82) is 0 Å². The first-order chi connectivity index (χ1) is 12.2. The van der Waals surface area contributed by atoms with Gasteiger partial charge in [-0.15, -0.1) is 11.8 Å². The summed E-state index contributed by atoms with van der Waals surface area (Å²) in [5.74, 6) is -1.12. The van der Waals surface area contributed by atoms with Gasteiger partial charge in [-0.2, -0.15) is 0 Å². The topological polar surface area (TPSA) is 53.0 Å². The largest absolute Gasteiger partial charge is 0.545 e. The molecule has 1 aliphatic carbocycles. The van der Waals surface area contributed by atoms with Crippen molar-refractivity contribution in [2.45, 2.75) is 17.7 Å². The van der Waals surface area contributed by atoms with E-state index in [9.17, 15) is 9.90 Å². The highest BCUT2D eigenvalue weighted by molar-refractivity contribution is 7.98. The molecule has 2 aromatic carbocycles. The number of nitrogens with zero attached hydrogens (tertiary/aromatic N) is 1. The van der Waals surface area contributed by atoms with Crippen molar-refractivity contribution in [3.63, 3.8) is 0 Å². The molecule has 0 N–H and O–H groups in total. The van der Waals surface area contributed by atoms with Crippen molar-refractivity contribution in [2.75, 3.05) is 6.26 Å². The summed E-state index contributed by atoms with van der Waals surface area (Å²) in [6.45, 7) is 0. The Kier molecular flexibility index (Phi) is 4.06. The van der Waals surface area contributed by atoms with Gasteiger partial charge in [-0.25, -0.2) is 4.98 Å². The normalized spacial score (nSPS) is 14.8. The zero-order chi connectivity index (χ0) is 17.4. The Morgan fingerprint density at radius 1 is 1.12 bits per heavy atom. The van der Waals surface area contributed by atoms with Gasteiger partial charge in [0.05, 0.1) is 17.2 Å². The third-order valence-electron chi connectivity index (χ3n) is 4.60. The molecule has 0 amide bonds. The van der Waals surface area contributed by atoms with E-state index in [2.05, 4.69) is 36.6 Å². The van der Waals surface area contributed by atoms with Crippen molar-refractivity contribution in [1.82, 2.24) is 4.98 Å². The minimum absolute atomic E-state index is 0.293. The van der Waals surface area contributed by atoms with Crippen molar-refractivity contribution in [2.24, 2.45) is 0 Å². The number of fused-ring (bicyclic) bond motifs is 2. The van der Waals surface area contributed by atoms with Crippen molar-refractivity contribution < 1.29 is 9.90 Å². The number of carbonyl (C=O) groups is 1. The molecule has 0 bridgehead atoms. The maximum absolute atomic E-state index is 11.7. The number of aromatic nitrogens is 1. The van der Waals surface area contributed by atoms with E-state index in [1.165, 1.54) is 4.90 Å². The fourth-order valence-corrected chi connectivity index (χ4v) is 3.82. The van der Waals surface area contributed by atoms with E-state index in [0.29, 0.717) is 22.9 Å². The number of pyridine rings is 1. The third kappa shape index (κ3) is 2.83. The van der Waals surface area contributed by atoms with Crippen molar-refractivity contribution in [3.05, 3.63) is 70.9 Å². The number of carboxylic acid groups (broad SMARTS) is 1. The van der Waals surface area contributed by atoms with Crippen LogP contribution in [0.4, 0.5) is 0 Å². The predicted octanol–water partition coefficient (Wildman–Crippen LogP) is 3.81. The minimum atomic E-state index is -1.12. The quantitative estimate of drug-likeness (QED) is 0.677. The summed E-state index contributed by atoms with van der Waals surface area (Å²) in [6, 6.07) is 15.7. The molecule has 0 atom stereocenters. The summed E-state index contributed by atoms with van der Waals surface area (Å²) in [6.07, 6.45) is 5.64. The third-order valence-corrected chi connectivity index (χ3v) is 5.35. The van der Waals surface area contributed by atoms with E-state index < -0.39 is 5.97 Å². The molecule has 0 aliphatic heterocycles. The van der Waals surface area contributed by atoms with Crippen LogP contribution in [0.2, 0.25) is 0 Å². The van der Waals surface area contributed by atoms with Crippen LogP contribution in [0.25, 0.3) is 22.6 Å². The Labute approximate surface area is 150 Å². The lowest BCUT2D eigenvalue weighted by Crippen LogP contribution is -2.24. The van der Waals surface area contributed by atoms with Gasteiger partial charge < -0.3 is 9.90 Å². The highest BCUT2D eigenvalue weighted by atomic mass is 32.2. The molecule has 0 saturated heterocycles. The van der Waals surface area contributed by atoms with E-state index in [-0.39, 0.29) is 0 Å². The van der Waals surface area contributed by atoms with Crippen LogP contribution in [0.15, 0.2) is 53.4 Å². The molecular formula is C21H16NO2S-. The summed E-state index contributed by atoms with van der Waals surface area (Å²) in [5.41, 5.74) is 4.77. The number of carbonyl (C=O) groups excluding carboxylic acids is 1. The predicted molar refractivity (Wildman–Crippen MR) is 100 cm³/mol. The van der Waals surface area contributed by atoms with Crippen LogP contribution in [0.1, 0.15) is 33.6 Å².